The molecule has 1 aromatic heterocycles. The van der Waals surface area contributed by atoms with Crippen LogP contribution in [-0.2, 0) is 10.0 Å². The molecule has 0 spiro atoms. The number of primary sulfonamides is 1. The number of benzene rings is 1. The van der Waals surface area contributed by atoms with E-state index in [2.05, 4.69) is 15.6 Å². The molecule has 2 aliphatic rings. The summed E-state index contributed by atoms with van der Waals surface area (Å²) in [5.74, 6) is 1.90. The van der Waals surface area contributed by atoms with Gasteiger partial charge in [0.1, 0.15) is 23.9 Å². The van der Waals surface area contributed by atoms with Crippen molar-refractivity contribution in [2.75, 3.05) is 36.5 Å². The van der Waals surface area contributed by atoms with Crippen LogP contribution in [0.2, 0.25) is 0 Å². The van der Waals surface area contributed by atoms with Crippen LogP contribution in [0.25, 0.3) is 0 Å². The summed E-state index contributed by atoms with van der Waals surface area (Å²) in [6.07, 6.45) is 1.98. The van der Waals surface area contributed by atoms with Crippen LogP contribution < -0.4 is 30.1 Å². The fraction of sp³-hybridized carbons (Fsp3) is 0.333. The van der Waals surface area contributed by atoms with Crippen LogP contribution >= 0.6 is 0 Å². The summed E-state index contributed by atoms with van der Waals surface area (Å²) in [7, 11) is -3.77. The molecule has 1 atom stereocenters. The minimum Gasteiger partial charge on any atom is -0.486 e. The molecular weight excluding hydrogens is 398 g/mol. The van der Waals surface area contributed by atoms with Crippen molar-refractivity contribution in [3.63, 3.8) is 0 Å². The fourth-order valence-corrected chi connectivity index (χ4v) is 3.75. The van der Waals surface area contributed by atoms with Crippen molar-refractivity contribution in [3.8, 4) is 11.5 Å². The van der Waals surface area contributed by atoms with E-state index < -0.39 is 10.0 Å². The average molecular weight is 419 g/mol. The molecule has 0 bridgehead atoms. The molecule has 0 aliphatic carbocycles. The molecule has 29 heavy (non-hydrogen) atoms. The van der Waals surface area contributed by atoms with Gasteiger partial charge in [-0.15, -0.1) is 0 Å². The lowest BCUT2D eigenvalue weighted by molar-refractivity contribution is 0.171. The van der Waals surface area contributed by atoms with Gasteiger partial charge >= 0.3 is 6.03 Å². The van der Waals surface area contributed by atoms with Gasteiger partial charge in [0.25, 0.3) is 0 Å². The highest BCUT2D eigenvalue weighted by Gasteiger charge is 2.25. The molecule has 2 amide bonds. The van der Waals surface area contributed by atoms with Gasteiger partial charge in [0.05, 0.1) is 0 Å². The summed E-state index contributed by atoms with van der Waals surface area (Å²) < 4.78 is 33.6. The Morgan fingerprint density at radius 2 is 1.97 bits per heavy atom. The molecule has 1 saturated heterocycles. The van der Waals surface area contributed by atoms with E-state index >= 15 is 0 Å². The number of hydrogen-bond donors (Lipinski definition) is 3. The Kier molecular flexibility index (Phi) is 5.16. The zero-order valence-electron chi connectivity index (χ0n) is 15.5. The number of nitrogens with two attached hydrogens (primary N) is 1. The number of fused-ring (bicyclic) bond motifs is 1. The summed E-state index contributed by atoms with van der Waals surface area (Å²) in [6, 6.07) is 7.90. The molecular formula is C18H21N5O5S. The molecule has 0 saturated carbocycles. The number of nitrogens with zero attached hydrogens (tertiary/aromatic N) is 2. The highest BCUT2D eigenvalue weighted by atomic mass is 32.2. The number of amides is 2. The van der Waals surface area contributed by atoms with Crippen molar-refractivity contribution in [1.29, 1.82) is 0 Å². The first-order chi connectivity index (χ1) is 13.9. The number of ether oxygens (including phenoxy) is 2. The standard InChI is InChI=1S/C18H21N5O5S/c19-29(25,26)14-2-4-17(20-10-14)23-6-5-13(11-23)22-18(24)21-12-1-3-15-16(9-12)28-8-7-27-15/h1-4,9-10,13H,5-8,11H2,(H2,19,25,26)(H2,21,22,24)/t13-/m0/s1. The van der Waals surface area contributed by atoms with Crippen LogP contribution in [0.4, 0.5) is 16.3 Å². The number of sulfonamides is 1. The third-order valence-electron chi connectivity index (χ3n) is 4.70. The molecule has 1 fully saturated rings. The third kappa shape index (κ3) is 4.51. The van der Waals surface area contributed by atoms with Gasteiger partial charge in [-0.3, -0.25) is 0 Å². The second-order valence-electron chi connectivity index (χ2n) is 6.79. The summed E-state index contributed by atoms with van der Waals surface area (Å²) >= 11 is 0. The molecule has 2 aliphatic heterocycles. The van der Waals surface area contributed by atoms with E-state index in [1.165, 1.54) is 12.3 Å². The maximum Gasteiger partial charge on any atom is 0.319 e. The van der Waals surface area contributed by atoms with E-state index in [0.29, 0.717) is 49.3 Å². The molecule has 0 radical (unpaired) electrons. The van der Waals surface area contributed by atoms with Crippen LogP contribution in [0.5, 0.6) is 11.5 Å². The number of carbonyl (C=O) groups excluding carboxylic acids is 1. The Morgan fingerprint density at radius 3 is 2.69 bits per heavy atom. The Bertz CT molecular complexity index is 1010. The number of urea groups is 1. The smallest absolute Gasteiger partial charge is 0.319 e. The van der Waals surface area contributed by atoms with E-state index in [9.17, 15) is 13.2 Å². The predicted molar refractivity (Wildman–Crippen MR) is 106 cm³/mol. The number of nitrogens with one attached hydrogen (secondary N) is 2. The first kappa shape index (κ1) is 19.3. The Hall–Kier alpha value is -3.05. The quantitative estimate of drug-likeness (QED) is 0.670. The number of anilines is 2. The minimum absolute atomic E-state index is 0.0334. The van der Waals surface area contributed by atoms with E-state index in [4.69, 9.17) is 14.6 Å². The first-order valence-electron chi connectivity index (χ1n) is 9.09. The lowest BCUT2D eigenvalue weighted by Gasteiger charge is -2.20. The largest absolute Gasteiger partial charge is 0.486 e. The van der Waals surface area contributed by atoms with Crippen molar-refractivity contribution in [2.45, 2.75) is 17.4 Å². The van der Waals surface area contributed by atoms with Gasteiger partial charge < -0.3 is 25.0 Å². The number of hydrogen-bond acceptors (Lipinski definition) is 7. The number of carbonyl (C=O) groups is 1. The van der Waals surface area contributed by atoms with Crippen molar-refractivity contribution in [3.05, 3.63) is 36.5 Å². The molecule has 0 unspecified atom stereocenters. The van der Waals surface area contributed by atoms with Gasteiger partial charge in [-0.1, -0.05) is 0 Å². The van der Waals surface area contributed by atoms with Crippen molar-refractivity contribution in [1.82, 2.24) is 10.3 Å². The van der Waals surface area contributed by atoms with Gasteiger partial charge in [-0.25, -0.2) is 23.3 Å². The highest BCUT2D eigenvalue weighted by molar-refractivity contribution is 7.89. The van der Waals surface area contributed by atoms with Gasteiger partial charge in [0.15, 0.2) is 11.5 Å². The maximum atomic E-state index is 12.3. The van der Waals surface area contributed by atoms with Gasteiger partial charge in [-0.2, -0.15) is 0 Å². The Labute approximate surface area is 168 Å². The van der Waals surface area contributed by atoms with Crippen LogP contribution in [-0.4, -0.2) is 51.8 Å². The van der Waals surface area contributed by atoms with Crippen LogP contribution in [0, 0.1) is 0 Å². The summed E-state index contributed by atoms with van der Waals surface area (Å²) in [5.41, 5.74) is 0.613. The molecule has 3 heterocycles. The number of rotatable bonds is 4. The normalized spacial score (nSPS) is 18.4. The zero-order valence-corrected chi connectivity index (χ0v) is 16.3. The molecule has 4 rings (SSSR count). The Morgan fingerprint density at radius 1 is 1.17 bits per heavy atom. The summed E-state index contributed by atoms with van der Waals surface area (Å²) in [4.78, 5) is 18.4. The van der Waals surface area contributed by atoms with E-state index in [1.807, 2.05) is 4.90 Å². The number of aromatic nitrogens is 1. The van der Waals surface area contributed by atoms with Crippen molar-refractivity contribution < 1.29 is 22.7 Å². The second kappa shape index (κ2) is 7.76. The first-order valence-corrected chi connectivity index (χ1v) is 10.6. The van der Waals surface area contributed by atoms with Crippen LogP contribution in [0.3, 0.4) is 0 Å². The van der Waals surface area contributed by atoms with E-state index in [1.54, 1.807) is 24.3 Å². The van der Waals surface area contributed by atoms with Gasteiger partial charge in [-0.05, 0) is 30.7 Å². The zero-order chi connectivity index (χ0) is 20.4. The number of pyridine rings is 1. The molecule has 11 heteroatoms. The van der Waals surface area contributed by atoms with Gasteiger partial charge in [0, 0.05) is 37.1 Å². The highest BCUT2D eigenvalue weighted by Crippen LogP contribution is 2.32. The molecule has 2 aromatic rings. The molecule has 4 N–H and O–H groups in total. The molecule has 154 valence electrons. The van der Waals surface area contributed by atoms with E-state index in [0.717, 1.165) is 6.42 Å². The predicted octanol–water partition coefficient (Wildman–Crippen LogP) is 0.901. The summed E-state index contributed by atoms with van der Waals surface area (Å²) in [5, 5.41) is 10.8. The SMILES string of the molecule is NS(=O)(=O)c1ccc(N2CC[C@H](NC(=O)Nc3ccc4c(c3)OCCO4)C2)nc1. The van der Waals surface area contributed by atoms with Gasteiger partial charge in [0.2, 0.25) is 10.0 Å². The van der Waals surface area contributed by atoms with E-state index in [-0.39, 0.29) is 17.0 Å². The molecule has 1 aromatic carbocycles. The topological polar surface area (TPSA) is 136 Å². The molecule has 10 nitrogen and oxygen atoms in total. The van der Waals surface area contributed by atoms with Crippen LogP contribution in [0.1, 0.15) is 6.42 Å². The Balaban J connectivity index is 1.32. The summed E-state index contributed by atoms with van der Waals surface area (Å²) in [6.45, 7) is 2.25. The van der Waals surface area contributed by atoms with Crippen molar-refractivity contribution in [2.24, 2.45) is 5.14 Å². The lowest BCUT2D eigenvalue weighted by atomic mass is 10.2. The average Bonchev–Trinajstić information content (AvgIpc) is 3.15. The minimum atomic E-state index is -3.77. The maximum absolute atomic E-state index is 12.3. The monoisotopic (exact) mass is 419 g/mol. The second-order valence-corrected chi connectivity index (χ2v) is 8.35. The van der Waals surface area contributed by atoms with Crippen LogP contribution in [0.15, 0.2) is 41.4 Å². The lowest BCUT2D eigenvalue weighted by Crippen LogP contribution is -2.39. The third-order valence-corrected chi connectivity index (χ3v) is 5.60. The van der Waals surface area contributed by atoms with Crippen molar-refractivity contribution >= 4 is 27.6 Å². The fourth-order valence-electron chi connectivity index (χ4n) is 3.29.